The van der Waals surface area contributed by atoms with Gasteiger partial charge in [0.2, 0.25) is 6.79 Å². The van der Waals surface area contributed by atoms with Gasteiger partial charge in [-0.2, -0.15) is 0 Å². The van der Waals surface area contributed by atoms with E-state index in [1.807, 2.05) is 0 Å². The van der Waals surface area contributed by atoms with E-state index in [9.17, 15) is 15.0 Å². The third-order valence-electron chi connectivity index (χ3n) is 4.07. The molecule has 4 atom stereocenters. The molecule has 3 aliphatic rings. The number of aliphatic hydroxyl groups is 2. The van der Waals surface area contributed by atoms with Crippen molar-refractivity contribution in [2.24, 2.45) is 0 Å². The fourth-order valence-electron chi connectivity index (χ4n) is 3.07. The number of ether oxygens (including phenoxy) is 2. The Bertz CT molecular complexity index is 626. The van der Waals surface area contributed by atoms with Crippen molar-refractivity contribution in [1.29, 1.82) is 0 Å². The molecule has 0 fully saturated rings. The fraction of sp³-hybridized carbons (Fsp3) is 0.357. The van der Waals surface area contributed by atoms with Gasteiger partial charge in [-0.1, -0.05) is 12.2 Å². The molecule has 2 heterocycles. The maximum absolute atomic E-state index is 12.1. The second-order valence-electron chi connectivity index (χ2n) is 5.18. The van der Waals surface area contributed by atoms with Crippen LogP contribution in [0.5, 0.6) is 11.5 Å². The molecule has 1 amide bonds. The van der Waals surface area contributed by atoms with Crippen LogP contribution < -0.4 is 14.8 Å². The van der Waals surface area contributed by atoms with Gasteiger partial charge in [-0.3, -0.25) is 4.79 Å². The van der Waals surface area contributed by atoms with Crippen molar-refractivity contribution in [3.8, 4) is 11.5 Å². The van der Waals surface area contributed by atoms with Crippen LogP contribution in [0.25, 0.3) is 0 Å². The molecule has 3 N–H and O–H groups in total. The molecule has 0 bridgehead atoms. The smallest absolute Gasteiger partial charge is 0.252 e. The zero-order valence-electron chi connectivity index (χ0n) is 10.4. The molecule has 1 aromatic carbocycles. The van der Waals surface area contributed by atoms with Crippen molar-refractivity contribution >= 4 is 5.91 Å². The van der Waals surface area contributed by atoms with E-state index in [4.69, 9.17) is 9.47 Å². The zero-order valence-corrected chi connectivity index (χ0v) is 10.4. The quantitative estimate of drug-likeness (QED) is 0.576. The largest absolute Gasteiger partial charge is 0.454 e. The Kier molecular flexibility index (Phi) is 2.33. The molecule has 0 saturated heterocycles. The first kappa shape index (κ1) is 11.7. The molecule has 2 aliphatic heterocycles. The van der Waals surface area contributed by atoms with Crippen molar-refractivity contribution in [1.82, 2.24) is 5.32 Å². The van der Waals surface area contributed by atoms with Gasteiger partial charge < -0.3 is 25.0 Å². The molecule has 0 saturated carbocycles. The second kappa shape index (κ2) is 3.97. The normalized spacial score (nSPS) is 33.4. The average Bonchev–Trinajstić information content (AvgIpc) is 2.88. The van der Waals surface area contributed by atoms with Crippen molar-refractivity contribution in [3.63, 3.8) is 0 Å². The molecule has 20 heavy (non-hydrogen) atoms. The van der Waals surface area contributed by atoms with E-state index in [1.165, 1.54) is 6.08 Å². The summed E-state index contributed by atoms with van der Waals surface area (Å²) in [6.07, 6.45) is 1.31. The number of fused-ring (bicyclic) bond motifs is 4. The molecule has 6 heteroatoms. The third kappa shape index (κ3) is 1.49. The summed E-state index contributed by atoms with van der Waals surface area (Å²) in [5.74, 6) is 0.483. The van der Waals surface area contributed by atoms with Crippen molar-refractivity contribution in [2.75, 3.05) is 6.79 Å². The van der Waals surface area contributed by atoms with Gasteiger partial charge in [-0.15, -0.1) is 0 Å². The first-order valence-corrected chi connectivity index (χ1v) is 6.44. The highest BCUT2D eigenvalue weighted by atomic mass is 16.7. The number of benzene rings is 1. The van der Waals surface area contributed by atoms with Gasteiger partial charge in [-0.25, -0.2) is 0 Å². The lowest BCUT2D eigenvalue weighted by atomic mass is 9.76. The molecule has 0 radical (unpaired) electrons. The van der Waals surface area contributed by atoms with Crippen LogP contribution in [-0.4, -0.2) is 41.2 Å². The van der Waals surface area contributed by atoms with Gasteiger partial charge in [0.25, 0.3) is 5.91 Å². The molecule has 1 aliphatic carbocycles. The van der Waals surface area contributed by atoms with Crippen LogP contribution in [0.2, 0.25) is 0 Å². The maximum Gasteiger partial charge on any atom is 0.252 e. The zero-order chi connectivity index (χ0) is 13.9. The van der Waals surface area contributed by atoms with Crippen LogP contribution in [0.1, 0.15) is 21.8 Å². The predicted octanol–water partition coefficient (Wildman–Crippen LogP) is -0.0975. The average molecular weight is 275 g/mol. The Morgan fingerprint density at radius 3 is 2.70 bits per heavy atom. The summed E-state index contributed by atoms with van der Waals surface area (Å²) < 4.78 is 10.6. The second-order valence-corrected chi connectivity index (χ2v) is 5.18. The lowest BCUT2D eigenvalue weighted by molar-refractivity contribution is 0.0154. The monoisotopic (exact) mass is 275 g/mol. The van der Waals surface area contributed by atoms with Gasteiger partial charge in [0.05, 0.1) is 18.2 Å². The number of hydrogen-bond donors (Lipinski definition) is 3. The molecular weight excluding hydrogens is 262 g/mol. The summed E-state index contributed by atoms with van der Waals surface area (Å²) in [5.41, 5.74) is 1.14. The number of hydrogen-bond acceptors (Lipinski definition) is 5. The number of aliphatic hydroxyl groups excluding tert-OH is 2. The van der Waals surface area contributed by atoms with Crippen molar-refractivity contribution in [3.05, 3.63) is 35.4 Å². The Hall–Kier alpha value is -2.05. The van der Waals surface area contributed by atoms with Gasteiger partial charge in [0.15, 0.2) is 11.5 Å². The van der Waals surface area contributed by atoms with Crippen LogP contribution in [0.4, 0.5) is 0 Å². The summed E-state index contributed by atoms with van der Waals surface area (Å²) >= 11 is 0. The maximum atomic E-state index is 12.1. The summed E-state index contributed by atoms with van der Waals surface area (Å²) in [6.45, 7) is 0.124. The number of carbonyl (C=O) groups is 1. The molecule has 1 unspecified atom stereocenters. The van der Waals surface area contributed by atoms with Gasteiger partial charge in [-0.05, 0) is 17.7 Å². The van der Waals surface area contributed by atoms with E-state index in [0.717, 1.165) is 0 Å². The van der Waals surface area contributed by atoms with Crippen LogP contribution >= 0.6 is 0 Å². The van der Waals surface area contributed by atoms with Crippen LogP contribution in [0.15, 0.2) is 24.3 Å². The number of nitrogens with one attached hydrogen (secondary N) is 1. The fourth-order valence-corrected chi connectivity index (χ4v) is 3.07. The molecule has 0 aromatic heterocycles. The minimum absolute atomic E-state index is 0.124. The highest BCUT2D eigenvalue weighted by Gasteiger charge is 2.42. The highest BCUT2D eigenvalue weighted by Crippen LogP contribution is 2.42. The Labute approximate surface area is 114 Å². The Morgan fingerprint density at radius 1 is 1.15 bits per heavy atom. The molecule has 1 aromatic rings. The van der Waals surface area contributed by atoms with E-state index in [-0.39, 0.29) is 18.7 Å². The van der Waals surface area contributed by atoms with Crippen LogP contribution in [0.3, 0.4) is 0 Å². The van der Waals surface area contributed by atoms with E-state index < -0.39 is 18.1 Å². The third-order valence-corrected chi connectivity index (χ3v) is 4.07. The predicted molar refractivity (Wildman–Crippen MR) is 67.7 cm³/mol. The van der Waals surface area contributed by atoms with Crippen molar-refractivity contribution < 1.29 is 24.5 Å². The van der Waals surface area contributed by atoms with Crippen LogP contribution in [-0.2, 0) is 0 Å². The molecule has 104 valence electrons. The van der Waals surface area contributed by atoms with Gasteiger partial charge >= 0.3 is 0 Å². The lowest BCUT2D eigenvalue weighted by Gasteiger charge is -2.39. The number of amides is 1. The molecule has 6 nitrogen and oxygen atoms in total. The van der Waals surface area contributed by atoms with Gasteiger partial charge in [0, 0.05) is 11.5 Å². The summed E-state index contributed by atoms with van der Waals surface area (Å²) in [4.78, 5) is 12.1. The number of rotatable bonds is 0. The van der Waals surface area contributed by atoms with Crippen molar-refractivity contribution in [2.45, 2.75) is 24.2 Å². The standard InChI is InChI=1S/C14H13NO5/c16-9-2-1-8-12(13(9)17)6-3-10-11(20-5-19-10)4-7(6)14(18)15-8/h1-4,8-9,12-13,16-17H,5H2,(H,15,18)/t8-,9+,12?,13-/m0/s1. The first-order chi connectivity index (χ1) is 9.65. The SMILES string of the molecule is O=C1N[C@H]2C=C[C@@H](O)[C@H](O)C2c2cc3c(cc21)OCO3. The Balaban J connectivity index is 1.89. The van der Waals surface area contributed by atoms with Crippen LogP contribution in [0, 0.1) is 0 Å². The van der Waals surface area contributed by atoms with E-state index in [0.29, 0.717) is 22.6 Å². The molecule has 0 spiro atoms. The lowest BCUT2D eigenvalue weighted by Crippen LogP contribution is -2.51. The highest BCUT2D eigenvalue weighted by molar-refractivity contribution is 5.98. The first-order valence-electron chi connectivity index (χ1n) is 6.44. The number of carbonyl (C=O) groups excluding carboxylic acids is 1. The topological polar surface area (TPSA) is 88.0 Å². The molecule has 4 rings (SSSR count). The van der Waals surface area contributed by atoms with Gasteiger partial charge in [0.1, 0.15) is 0 Å². The minimum atomic E-state index is -0.968. The summed E-state index contributed by atoms with van der Waals surface area (Å²) in [5, 5.41) is 22.8. The summed E-state index contributed by atoms with van der Waals surface area (Å²) in [7, 11) is 0. The Morgan fingerprint density at radius 2 is 1.90 bits per heavy atom. The van der Waals surface area contributed by atoms with E-state index in [2.05, 4.69) is 5.32 Å². The van der Waals surface area contributed by atoms with E-state index in [1.54, 1.807) is 18.2 Å². The minimum Gasteiger partial charge on any atom is -0.454 e. The molecular formula is C14H13NO5. The summed E-state index contributed by atoms with van der Waals surface area (Å²) in [6, 6.07) is 3.03. The van der Waals surface area contributed by atoms with E-state index >= 15 is 0 Å².